The zero-order chi connectivity index (χ0) is 16.3. The quantitative estimate of drug-likeness (QED) is 0.773. The number of nitrogens with two attached hydrogens (primary N) is 2. The van der Waals surface area contributed by atoms with E-state index in [0.717, 1.165) is 10.4 Å². The molecule has 5 nitrogen and oxygen atoms in total. The van der Waals surface area contributed by atoms with E-state index in [1.807, 2.05) is 30.8 Å². The summed E-state index contributed by atoms with van der Waals surface area (Å²) in [5, 5.41) is 1.44. The van der Waals surface area contributed by atoms with Crippen molar-refractivity contribution in [1.82, 2.24) is 0 Å². The monoisotopic (exact) mass is 314 g/mol. The summed E-state index contributed by atoms with van der Waals surface area (Å²) in [4.78, 5) is 23.5. The molecule has 2 aromatic rings. The molecule has 0 aromatic heterocycles. The summed E-state index contributed by atoms with van der Waals surface area (Å²) in [5.74, 6) is -1.05. The number of amides is 2. The molecule has 2 aromatic carbocycles. The minimum Gasteiger partial charge on any atom is -0.411 e. The summed E-state index contributed by atoms with van der Waals surface area (Å²) < 4.78 is 5.81. The maximum atomic E-state index is 11.7. The van der Waals surface area contributed by atoms with E-state index in [1.165, 1.54) is 0 Å². The summed E-state index contributed by atoms with van der Waals surface area (Å²) in [6.45, 7) is 1.91. The molecule has 0 aliphatic heterocycles. The molecule has 0 bridgehead atoms. The van der Waals surface area contributed by atoms with Gasteiger partial charge in [0.15, 0.2) is 0 Å². The van der Waals surface area contributed by atoms with Crippen molar-refractivity contribution >= 4 is 30.5 Å². The number of carbonyl (C=O) groups is 2. The van der Waals surface area contributed by atoms with Crippen LogP contribution in [0.4, 0.5) is 0 Å². The third-order valence-corrected chi connectivity index (χ3v) is 7.57. The van der Waals surface area contributed by atoms with Crippen LogP contribution in [0.5, 0.6) is 0 Å². The van der Waals surface area contributed by atoms with E-state index in [2.05, 4.69) is 0 Å². The Labute approximate surface area is 130 Å². The molecule has 0 atom stereocenters. The Kier molecular flexibility index (Phi) is 4.44. The second-order valence-corrected chi connectivity index (χ2v) is 8.61. The minimum absolute atomic E-state index is 0.401. The SMILES string of the molecule is CO[Si](C)(c1ccccc1C(N)=O)c1ccccc1C(N)=O. The molecule has 2 rings (SSSR count). The van der Waals surface area contributed by atoms with Gasteiger partial charge in [0.1, 0.15) is 0 Å². The zero-order valence-electron chi connectivity index (χ0n) is 12.5. The van der Waals surface area contributed by atoms with E-state index in [0.29, 0.717) is 11.1 Å². The molecule has 0 saturated carbocycles. The van der Waals surface area contributed by atoms with Gasteiger partial charge < -0.3 is 15.9 Å². The number of hydrogen-bond acceptors (Lipinski definition) is 3. The van der Waals surface area contributed by atoms with Gasteiger partial charge in [-0.25, -0.2) is 0 Å². The van der Waals surface area contributed by atoms with E-state index in [9.17, 15) is 9.59 Å². The van der Waals surface area contributed by atoms with Crippen LogP contribution in [0.2, 0.25) is 6.55 Å². The van der Waals surface area contributed by atoms with Gasteiger partial charge in [0.05, 0.1) is 0 Å². The van der Waals surface area contributed by atoms with Crippen LogP contribution in [0.25, 0.3) is 0 Å². The highest BCUT2D eigenvalue weighted by atomic mass is 28.4. The van der Waals surface area contributed by atoms with Crippen molar-refractivity contribution in [2.24, 2.45) is 11.5 Å². The maximum Gasteiger partial charge on any atom is 0.253 e. The molecular formula is C16H18N2O3Si. The van der Waals surface area contributed by atoms with Crippen LogP contribution in [0.15, 0.2) is 48.5 Å². The van der Waals surface area contributed by atoms with Gasteiger partial charge in [0, 0.05) is 18.2 Å². The standard InChI is InChI=1S/C16H18N2O3Si/c1-21-22(2,13-9-5-3-7-11(13)15(17)19)14-10-6-4-8-12(14)16(18)20/h3-10H,1-2H3,(H2,17,19)(H2,18,20). The van der Waals surface area contributed by atoms with Crippen LogP contribution >= 0.6 is 0 Å². The Morgan fingerprint density at radius 3 is 1.55 bits per heavy atom. The smallest absolute Gasteiger partial charge is 0.253 e. The predicted molar refractivity (Wildman–Crippen MR) is 87.8 cm³/mol. The van der Waals surface area contributed by atoms with Crippen molar-refractivity contribution < 1.29 is 14.0 Å². The highest BCUT2D eigenvalue weighted by molar-refractivity contribution is 6.97. The van der Waals surface area contributed by atoms with Gasteiger partial charge in [-0.3, -0.25) is 9.59 Å². The van der Waals surface area contributed by atoms with Crippen molar-refractivity contribution in [3.63, 3.8) is 0 Å². The van der Waals surface area contributed by atoms with Crippen molar-refractivity contribution in [2.45, 2.75) is 6.55 Å². The zero-order valence-corrected chi connectivity index (χ0v) is 13.5. The summed E-state index contributed by atoms with van der Waals surface area (Å²) >= 11 is 0. The molecule has 6 heteroatoms. The molecule has 0 aliphatic rings. The fraction of sp³-hybridized carbons (Fsp3) is 0.125. The highest BCUT2D eigenvalue weighted by Crippen LogP contribution is 2.12. The van der Waals surface area contributed by atoms with Crippen molar-refractivity contribution in [1.29, 1.82) is 0 Å². The third kappa shape index (κ3) is 2.66. The normalized spacial score (nSPS) is 11.2. The maximum absolute atomic E-state index is 11.7. The first kappa shape index (κ1) is 15.9. The lowest BCUT2D eigenvalue weighted by atomic mass is 10.2. The van der Waals surface area contributed by atoms with Crippen LogP contribution < -0.4 is 21.8 Å². The molecule has 0 aliphatic carbocycles. The number of carbonyl (C=O) groups excluding carboxylic acids is 2. The predicted octanol–water partition coefficient (Wildman–Crippen LogP) is 0.220. The van der Waals surface area contributed by atoms with Crippen molar-refractivity contribution in [3.8, 4) is 0 Å². The van der Waals surface area contributed by atoms with E-state index in [1.54, 1.807) is 31.4 Å². The summed E-state index contributed by atoms with van der Waals surface area (Å²) in [6.07, 6.45) is 0. The lowest BCUT2D eigenvalue weighted by Crippen LogP contribution is -2.61. The number of primary amides is 2. The van der Waals surface area contributed by atoms with Gasteiger partial charge in [-0.2, -0.15) is 0 Å². The topological polar surface area (TPSA) is 95.4 Å². The molecule has 4 N–H and O–H groups in total. The fourth-order valence-electron chi connectivity index (χ4n) is 2.59. The number of rotatable bonds is 5. The average Bonchev–Trinajstić information content (AvgIpc) is 2.54. The van der Waals surface area contributed by atoms with Crippen molar-refractivity contribution in [3.05, 3.63) is 59.7 Å². The Morgan fingerprint density at radius 2 is 1.23 bits per heavy atom. The molecular weight excluding hydrogens is 296 g/mol. The largest absolute Gasteiger partial charge is 0.411 e. The molecule has 2 amide bonds. The van der Waals surface area contributed by atoms with E-state index >= 15 is 0 Å². The van der Waals surface area contributed by atoms with Gasteiger partial charge in [0.2, 0.25) is 11.8 Å². The highest BCUT2D eigenvalue weighted by Gasteiger charge is 2.38. The molecule has 22 heavy (non-hydrogen) atoms. The first-order valence-corrected chi connectivity index (χ1v) is 9.16. The lowest BCUT2D eigenvalue weighted by Gasteiger charge is -2.29. The molecule has 0 unspecified atom stereocenters. The first-order valence-electron chi connectivity index (χ1n) is 6.75. The second kappa shape index (κ2) is 6.13. The molecule has 0 radical (unpaired) electrons. The first-order chi connectivity index (χ1) is 10.4. The molecule has 0 fully saturated rings. The second-order valence-electron chi connectivity index (χ2n) is 5.06. The molecule has 0 heterocycles. The van der Waals surface area contributed by atoms with Crippen LogP contribution in [0.3, 0.4) is 0 Å². The average molecular weight is 314 g/mol. The number of hydrogen-bond donors (Lipinski definition) is 2. The summed E-state index contributed by atoms with van der Waals surface area (Å²) in [7, 11) is -1.22. The molecule has 114 valence electrons. The third-order valence-electron chi connectivity index (χ3n) is 3.82. The minimum atomic E-state index is -2.79. The van der Waals surface area contributed by atoms with Gasteiger partial charge in [-0.05, 0) is 29.1 Å². The number of benzene rings is 2. The van der Waals surface area contributed by atoms with Crippen LogP contribution in [-0.2, 0) is 4.43 Å². The van der Waals surface area contributed by atoms with Gasteiger partial charge in [-0.15, -0.1) is 0 Å². The fourth-order valence-corrected chi connectivity index (χ4v) is 5.59. The van der Waals surface area contributed by atoms with E-state index < -0.39 is 20.1 Å². The van der Waals surface area contributed by atoms with Crippen molar-refractivity contribution in [2.75, 3.05) is 7.11 Å². The van der Waals surface area contributed by atoms with Gasteiger partial charge in [0.25, 0.3) is 8.32 Å². The van der Waals surface area contributed by atoms with Gasteiger partial charge in [-0.1, -0.05) is 36.4 Å². The summed E-state index contributed by atoms with van der Waals surface area (Å²) in [5.41, 5.74) is 11.8. The Morgan fingerprint density at radius 1 is 0.864 bits per heavy atom. The Bertz CT molecular complexity index is 673. The molecule has 0 saturated heterocycles. The Hall–Kier alpha value is -2.44. The van der Waals surface area contributed by atoms with Crippen LogP contribution in [0, 0.1) is 0 Å². The van der Waals surface area contributed by atoms with E-state index in [-0.39, 0.29) is 0 Å². The van der Waals surface area contributed by atoms with E-state index in [4.69, 9.17) is 15.9 Å². The van der Waals surface area contributed by atoms with Crippen LogP contribution in [-0.4, -0.2) is 27.2 Å². The summed E-state index contributed by atoms with van der Waals surface area (Å²) in [6, 6.07) is 14.1. The van der Waals surface area contributed by atoms with Crippen LogP contribution in [0.1, 0.15) is 20.7 Å². The lowest BCUT2D eigenvalue weighted by molar-refractivity contribution is 0.0993. The Balaban J connectivity index is 2.75. The molecule has 0 spiro atoms. The van der Waals surface area contributed by atoms with Gasteiger partial charge >= 0.3 is 0 Å².